The number of hydrogen-bond donors (Lipinski definition) is 1. The third-order valence-electron chi connectivity index (χ3n) is 5.51. The van der Waals surface area contributed by atoms with Gasteiger partial charge in [0.15, 0.2) is 0 Å². The lowest BCUT2D eigenvalue weighted by Crippen LogP contribution is -2.21. The van der Waals surface area contributed by atoms with Crippen molar-refractivity contribution in [3.63, 3.8) is 0 Å². The second-order valence-corrected chi connectivity index (χ2v) is 7.36. The van der Waals surface area contributed by atoms with Crippen LogP contribution in [0, 0.1) is 5.41 Å². The molecule has 0 aliphatic rings. The van der Waals surface area contributed by atoms with Gasteiger partial charge in [0.25, 0.3) is 0 Å². The molecule has 1 N–H and O–H groups in total. The van der Waals surface area contributed by atoms with Crippen LogP contribution in [0.25, 0.3) is 0 Å². The van der Waals surface area contributed by atoms with E-state index >= 15 is 0 Å². The maximum Gasteiger partial charge on any atom is 0.0436 e. The minimum Gasteiger partial charge on any atom is -0.396 e. The molecule has 22 heavy (non-hydrogen) atoms. The van der Waals surface area contributed by atoms with Gasteiger partial charge in [-0.2, -0.15) is 0 Å². The Labute approximate surface area is 141 Å². The van der Waals surface area contributed by atoms with Crippen LogP contribution in [-0.4, -0.2) is 11.7 Å². The Morgan fingerprint density at radius 3 is 1.32 bits per heavy atom. The van der Waals surface area contributed by atoms with Crippen molar-refractivity contribution in [2.75, 3.05) is 6.61 Å². The van der Waals surface area contributed by atoms with E-state index in [4.69, 9.17) is 0 Å². The van der Waals surface area contributed by atoms with Crippen LogP contribution in [0.1, 0.15) is 124 Å². The molecule has 1 heteroatoms. The summed E-state index contributed by atoms with van der Waals surface area (Å²) in [4.78, 5) is 0. The zero-order valence-electron chi connectivity index (χ0n) is 16.0. The molecule has 0 atom stereocenters. The van der Waals surface area contributed by atoms with Crippen molar-refractivity contribution in [2.24, 2.45) is 5.41 Å². The van der Waals surface area contributed by atoms with Crippen LogP contribution in [0.5, 0.6) is 0 Å². The van der Waals surface area contributed by atoms with Gasteiger partial charge in [-0.3, -0.25) is 0 Å². The highest BCUT2D eigenvalue weighted by Gasteiger charge is 2.26. The molecular formula is C21H44O. The Kier molecular flexibility index (Phi) is 15.8. The van der Waals surface area contributed by atoms with Gasteiger partial charge in [0.05, 0.1) is 0 Å². The molecule has 134 valence electrons. The van der Waals surface area contributed by atoms with E-state index in [1.54, 1.807) is 0 Å². The fourth-order valence-corrected chi connectivity index (χ4v) is 3.70. The van der Waals surface area contributed by atoms with E-state index < -0.39 is 0 Å². The molecule has 0 bridgehead atoms. The molecular weight excluding hydrogens is 268 g/mol. The van der Waals surface area contributed by atoms with Crippen molar-refractivity contribution in [1.29, 1.82) is 0 Å². The third-order valence-corrected chi connectivity index (χ3v) is 5.51. The fourth-order valence-electron chi connectivity index (χ4n) is 3.70. The van der Waals surface area contributed by atoms with Gasteiger partial charge in [0.1, 0.15) is 0 Å². The number of rotatable bonds is 17. The van der Waals surface area contributed by atoms with Crippen LogP contribution >= 0.6 is 0 Å². The standard InChI is InChI=1S/C21H44O/c1-4-7-9-11-13-15-17-21(6-3,19-20-22)18-16-14-12-10-8-5-2/h22H,4-20H2,1-3H3. The molecule has 0 radical (unpaired) electrons. The second-order valence-electron chi connectivity index (χ2n) is 7.36. The van der Waals surface area contributed by atoms with Crippen LogP contribution in [0.15, 0.2) is 0 Å². The largest absolute Gasteiger partial charge is 0.396 e. The predicted octanol–water partition coefficient (Wildman–Crippen LogP) is 7.27. The van der Waals surface area contributed by atoms with Gasteiger partial charge in [-0.25, -0.2) is 0 Å². The van der Waals surface area contributed by atoms with E-state index in [2.05, 4.69) is 20.8 Å². The summed E-state index contributed by atoms with van der Waals surface area (Å²) in [7, 11) is 0. The Morgan fingerprint density at radius 1 is 0.545 bits per heavy atom. The van der Waals surface area contributed by atoms with Crippen molar-refractivity contribution in [3.05, 3.63) is 0 Å². The number of hydrogen-bond acceptors (Lipinski definition) is 1. The highest BCUT2D eigenvalue weighted by molar-refractivity contribution is 4.78. The van der Waals surface area contributed by atoms with Crippen molar-refractivity contribution in [1.82, 2.24) is 0 Å². The molecule has 0 heterocycles. The summed E-state index contributed by atoms with van der Waals surface area (Å²) in [6.07, 6.45) is 21.6. The molecule has 0 fully saturated rings. The van der Waals surface area contributed by atoms with E-state index in [1.807, 2.05) is 0 Å². The molecule has 0 rings (SSSR count). The van der Waals surface area contributed by atoms with Crippen molar-refractivity contribution < 1.29 is 5.11 Å². The average molecular weight is 313 g/mol. The maximum atomic E-state index is 9.48. The third kappa shape index (κ3) is 11.5. The van der Waals surface area contributed by atoms with Crippen LogP contribution in [0.4, 0.5) is 0 Å². The predicted molar refractivity (Wildman–Crippen MR) is 100 cm³/mol. The summed E-state index contributed by atoms with van der Waals surface area (Å²) in [5.41, 5.74) is 0.435. The Balaban J connectivity index is 3.95. The van der Waals surface area contributed by atoms with Gasteiger partial charge in [0.2, 0.25) is 0 Å². The molecule has 0 aromatic heterocycles. The first kappa shape index (κ1) is 22.0. The second kappa shape index (κ2) is 15.8. The van der Waals surface area contributed by atoms with E-state index in [0.717, 1.165) is 6.42 Å². The quantitative estimate of drug-likeness (QED) is 0.280. The average Bonchev–Trinajstić information content (AvgIpc) is 2.54. The van der Waals surface area contributed by atoms with Gasteiger partial charge in [-0.05, 0) is 24.7 Å². The van der Waals surface area contributed by atoms with Crippen molar-refractivity contribution >= 4 is 0 Å². The van der Waals surface area contributed by atoms with E-state index in [9.17, 15) is 5.11 Å². The smallest absolute Gasteiger partial charge is 0.0436 e. The first-order chi connectivity index (χ1) is 10.7. The minimum absolute atomic E-state index is 0.375. The van der Waals surface area contributed by atoms with Crippen molar-refractivity contribution in [2.45, 2.75) is 124 Å². The normalized spacial score (nSPS) is 12.0. The summed E-state index contributed by atoms with van der Waals surface area (Å²) in [6.45, 7) is 7.27. The maximum absolute atomic E-state index is 9.48. The minimum atomic E-state index is 0.375. The van der Waals surface area contributed by atoms with Crippen LogP contribution < -0.4 is 0 Å². The molecule has 0 saturated carbocycles. The SMILES string of the molecule is CCCCCCCCC(CC)(CCO)CCCCCCCC. The van der Waals surface area contributed by atoms with Crippen molar-refractivity contribution in [3.8, 4) is 0 Å². The number of aliphatic hydroxyl groups excluding tert-OH is 1. The van der Waals surface area contributed by atoms with Gasteiger partial charge in [0, 0.05) is 6.61 Å². The lowest BCUT2D eigenvalue weighted by molar-refractivity contribution is 0.142. The molecule has 0 spiro atoms. The van der Waals surface area contributed by atoms with Crippen LogP contribution in [0.3, 0.4) is 0 Å². The topological polar surface area (TPSA) is 20.2 Å². The Morgan fingerprint density at radius 2 is 0.955 bits per heavy atom. The lowest BCUT2D eigenvalue weighted by Gasteiger charge is -2.33. The number of unbranched alkanes of at least 4 members (excludes halogenated alkanes) is 10. The van der Waals surface area contributed by atoms with Gasteiger partial charge < -0.3 is 5.11 Å². The molecule has 0 aliphatic heterocycles. The molecule has 0 aromatic rings. The van der Waals surface area contributed by atoms with E-state index in [-0.39, 0.29) is 0 Å². The molecule has 0 amide bonds. The van der Waals surface area contributed by atoms with E-state index in [1.165, 1.54) is 96.3 Å². The lowest BCUT2D eigenvalue weighted by atomic mass is 9.73. The first-order valence-corrected chi connectivity index (χ1v) is 10.4. The zero-order valence-corrected chi connectivity index (χ0v) is 16.0. The van der Waals surface area contributed by atoms with Gasteiger partial charge in [-0.1, -0.05) is 104 Å². The zero-order chi connectivity index (χ0) is 16.5. The molecule has 0 unspecified atom stereocenters. The highest BCUT2D eigenvalue weighted by atomic mass is 16.3. The Hall–Kier alpha value is -0.0400. The fraction of sp³-hybridized carbons (Fsp3) is 1.00. The molecule has 0 aliphatic carbocycles. The van der Waals surface area contributed by atoms with Gasteiger partial charge in [-0.15, -0.1) is 0 Å². The monoisotopic (exact) mass is 312 g/mol. The summed E-state index contributed by atoms with van der Waals surface area (Å²) in [6, 6.07) is 0. The molecule has 1 nitrogen and oxygen atoms in total. The summed E-state index contributed by atoms with van der Waals surface area (Å²) >= 11 is 0. The van der Waals surface area contributed by atoms with Gasteiger partial charge >= 0.3 is 0 Å². The highest BCUT2D eigenvalue weighted by Crippen LogP contribution is 2.38. The first-order valence-electron chi connectivity index (χ1n) is 10.4. The molecule has 0 saturated heterocycles. The summed E-state index contributed by atoms with van der Waals surface area (Å²) in [5.74, 6) is 0. The van der Waals surface area contributed by atoms with Crippen LogP contribution in [-0.2, 0) is 0 Å². The number of aliphatic hydroxyl groups is 1. The van der Waals surface area contributed by atoms with E-state index in [0.29, 0.717) is 12.0 Å². The molecule has 0 aromatic carbocycles. The summed E-state index contributed by atoms with van der Waals surface area (Å²) < 4.78 is 0. The summed E-state index contributed by atoms with van der Waals surface area (Å²) in [5, 5.41) is 9.48. The van der Waals surface area contributed by atoms with Crippen LogP contribution in [0.2, 0.25) is 0 Å². The Bertz CT molecular complexity index is 196.